The Hall–Kier alpha value is -1.85. The number of hydrogen-bond acceptors (Lipinski definition) is 4. The molecule has 19 heavy (non-hydrogen) atoms. The minimum absolute atomic E-state index is 0.190. The van der Waals surface area contributed by atoms with E-state index in [2.05, 4.69) is 20.8 Å². The molecular weight excluding hydrogens is 287 g/mol. The number of nitrogens with one attached hydrogen (secondary N) is 2. The predicted octanol–water partition coefficient (Wildman–Crippen LogP) is 3.08. The quantitative estimate of drug-likeness (QED) is 0.913. The van der Waals surface area contributed by atoms with Crippen LogP contribution < -0.4 is 10.6 Å². The van der Waals surface area contributed by atoms with Gasteiger partial charge >= 0.3 is 0 Å². The van der Waals surface area contributed by atoms with Crippen molar-refractivity contribution < 1.29 is 4.79 Å². The highest BCUT2D eigenvalue weighted by Crippen LogP contribution is 2.25. The van der Waals surface area contributed by atoms with Gasteiger partial charge in [0, 0.05) is 12.1 Å². The molecule has 2 N–H and O–H groups in total. The van der Waals surface area contributed by atoms with Crippen LogP contribution in [0, 0.1) is 0 Å². The van der Waals surface area contributed by atoms with Crippen LogP contribution in [-0.2, 0) is 0 Å². The number of carbonyl (C=O) groups is 1. The van der Waals surface area contributed by atoms with Crippen molar-refractivity contribution in [2.75, 3.05) is 17.7 Å². The van der Waals surface area contributed by atoms with Gasteiger partial charge in [-0.1, -0.05) is 23.2 Å². The maximum Gasteiger partial charge on any atom is 0.276 e. The highest BCUT2D eigenvalue weighted by Gasteiger charge is 2.10. The second-order valence-electron chi connectivity index (χ2n) is 3.63. The van der Waals surface area contributed by atoms with Gasteiger partial charge in [-0.15, -0.1) is 10.2 Å². The molecule has 1 amide bonds. The van der Waals surface area contributed by atoms with E-state index in [1.165, 1.54) is 0 Å². The van der Waals surface area contributed by atoms with E-state index in [0.717, 1.165) is 0 Å². The Labute approximate surface area is 119 Å². The van der Waals surface area contributed by atoms with Crippen LogP contribution in [0.2, 0.25) is 10.0 Å². The molecule has 0 aliphatic heterocycles. The Morgan fingerprint density at radius 2 is 1.95 bits per heavy atom. The fourth-order valence-corrected chi connectivity index (χ4v) is 1.70. The molecule has 0 unspecified atom stereocenters. The molecule has 1 heterocycles. The molecule has 0 radical (unpaired) electrons. The fourth-order valence-electron chi connectivity index (χ4n) is 1.37. The van der Waals surface area contributed by atoms with Crippen LogP contribution >= 0.6 is 23.2 Å². The second kappa shape index (κ2) is 5.86. The van der Waals surface area contributed by atoms with Gasteiger partial charge in [-0.05, 0) is 30.3 Å². The first-order valence-corrected chi connectivity index (χ1v) is 6.13. The van der Waals surface area contributed by atoms with Gasteiger partial charge in [0.25, 0.3) is 5.91 Å². The third-order valence-electron chi connectivity index (χ3n) is 2.33. The summed E-state index contributed by atoms with van der Waals surface area (Å²) in [6.07, 6.45) is 0. The normalized spacial score (nSPS) is 10.1. The Kier molecular flexibility index (Phi) is 4.19. The predicted molar refractivity (Wildman–Crippen MR) is 76.0 cm³/mol. The molecule has 0 saturated carbocycles. The number of rotatable bonds is 3. The number of anilines is 2. The van der Waals surface area contributed by atoms with Gasteiger partial charge in [0.05, 0.1) is 10.7 Å². The Morgan fingerprint density at radius 1 is 1.16 bits per heavy atom. The van der Waals surface area contributed by atoms with Crippen molar-refractivity contribution in [1.29, 1.82) is 0 Å². The molecule has 0 aliphatic rings. The van der Waals surface area contributed by atoms with Gasteiger partial charge in [-0.2, -0.15) is 0 Å². The van der Waals surface area contributed by atoms with Crippen LogP contribution in [0.5, 0.6) is 0 Å². The molecule has 0 fully saturated rings. The fraction of sp³-hybridized carbons (Fsp3) is 0.0833. The van der Waals surface area contributed by atoms with Crippen molar-refractivity contribution in [1.82, 2.24) is 10.2 Å². The SMILES string of the molecule is CNc1ccc(C(=O)Nc2cc(Cl)ccc2Cl)nn1. The number of halogens is 2. The summed E-state index contributed by atoms with van der Waals surface area (Å²) in [5.74, 6) is 0.177. The van der Waals surface area contributed by atoms with Crippen molar-refractivity contribution >= 4 is 40.6 Å². The monoisotopic (exact) mass is 296 g/mol. The first kappa shape index (κ1) is 13.6. The molecule has 0 aliphatic carbocycles. The van der Waals surface area contributed by atoms with Gasteiger partial charge in [-0.25, -0.2) is 0 Å². The second-order valence-corrected chi connectivity index (χ2v) is 4.48. The first-order valence-electron chi connectivity index (χ1n) is 5.38. The van der Waals surface area contributed by atoms with E-state index in [-0.39, 0.29) is 5.69 Å². The molecule has 7 heteroatoms. The lowest BCUT2D eigenvalue weighted by molar-refractivity contribution is 0.102. The van der Waals surface area contributed by atoms with E-state index in [4.69, 9.17) is 23.2 Å². The summed E-state index contributed by atoms with van der Waals surface area (Å²) in [6, 6.07) is 8.03. The van der Waals surface area contributed by atoms with Crippen molar-refractivity contribution in [3.05, 3.63) is 46.1 Å². The molecule has 0 bridgehead atoms. The topological polar surface area (TPSA) is 66.9 Å². The van der Waals surface area contributed by atoms with Gasteiger partial charge in [0.1, 0.15) is 5.82 Å². The summed E-state index contributed by atoms with van der Waals surface area (Å²) in [5, 5.41) is 13.9. The average Bonchev–Trinajstić information content (AvgIpc) is 2.43. The molecule has 0 spiro atoms. The van der Waals surface area contributed by atoms with Crippen LogP contribution in [0.4, 0.5) is 11.5 Å². The molecule has 2 rings (SSSR count). The standard InChI is InChI=1S/C12H10Cl2N4O/c1-15-11-5-4-9(17-18-11)12(19)16-10-6-7(13)2-3-8(10)14/h2-6H,1H3,(H,15,18)(H,16,19). The van der Waals surface area contributed by atoms with Crippen molar-refractivity contribution in [2.45, 2.75) is 0 Å². The zero-order valence-electron chi connectivity index (χ0n) is 9.95. The van der Waals surface area contributed by atoms with E-state index in [1.54, 1.807) is 37.4 Å². The van der Waals surface area contributed by atoms with Crippen molar-refractivity contribution in [3.8, 4) is 0 Å². The summed E-state index contributed by atoms with van der Waals surface area (Å²) < 4.78 is 0. The minimum atomic E-state index is -0.403. The number of amides is 1. The summed E-state index contributed by atoms with van der Waals surface area (Å²) in [6.45, 7) is 0. The molecule has 0 atom stereocenters. The summed E-state index contributed by atoms with van der Waals surface area (Å²) >= 11 is 11.8. The van der Waals surface area contributed by atoms with Crippen LogP contribution in [-0.4, -0.2) is 23.2 Å². The molecule has 5 nitrogen and oxygen atoms in total. The summed E-state index contributed by atoms with van der Waals surface area (Å²) in [4.78, 5) is 11.9. The number of hydrogen-bond donors (Lipinski definition) is 2. The van der Waals surface area contributed by atoms with Gasteiger partial charge in [-0.3, -0.25) is 4.79 Å². The minimum Gasteiger partial charge on any atom is -0.372 e. The van der Waals surface area contributed by atoms with E-state index >= 15 is 0 Å². The largest absolute Gasteiger partial charge is 0.372 e. The lowest BCUT2D eigenvalue weighted by atomic mass is 10.3. The van der Waals surface area contributed by atoms with Crippen LogP contribution in [0.15, 0.2) is 30.3 Å². The van der Waals surface area contributed by atoms with E-state index in [0.29, 0.717) is 21.6 Å². The Morgan fingerprint density at radius 3 is 2.58 bits per heavy atom. The zero-order chi connectivity index (χ0) is 13.8. The highest BCUT2D eigenvalue weighted by molar-refractivity contribution is 6.35. The third-order valence-corrected chi connectivity index (χ3v) is 2.89. The smallest absolute Gasteiger partial charge is 0.276 e. The molecule has 0 saturated heterocycles. The van der Waals surface area contributed by atoms with Crippen LogP contribution in [0.25, 0.3) is 0 Å². The van der Waals surface area contributed by atoms with Crippen molar-refractivity contribution in [3.63, 3.8) is 0 Å². The lowest BCUT2D eigenvalue weighted by Gasteiger charge is -2.07. The Balaban J connectivity index is 2.18. The highest BCUT2D eigenvalue weighted by atomic mass is 35.5. The van der Waals surface area contributed by atoms with Gasteiger partial charge < -0.3 is 10.6 Å². The number of nitrogens with zero attached hydrogens (tertiary/aromatic N) is 2. The zero-order valence-corrected chi connectivity index (χ0v) is 11.5. The van der Waals surface area contributed by atoms with Gasteiger partial charge in [0.15, 0.2) is 5.69 Å². The molecule has 1 aromatic carbocycles. The van der Waals surface area contributed by atoms with E-state index in [9.17, 15) is 4.79 Å². The number of aromatic nitrogens is 2. The number of benzene rings is 1. The average molecular weight is 297 g/mol. The maximum absolute atomic E-state index is 11.9. The first-order chi connectivity index (χ1) is 9.10. The van der Waals surface area contributed by atoms with Crippen LogP contribution in [0.3, 0.4) is 0 Å². The van der Waals surface area contributed by atoms with E-state index < -0.39 is 5.91 Å². The maximum atomic E-state index is 11.9. The lowest BCUT2D eigenvalue weighted by Crippen LogP contribution is -2.14. The number of carbonyl (C=O) groups excluding carboxylic acids is 1. The van der Waals surface area contributed by atoms with Crippen molar-refractivity contribution in [2.24, 2.45) is 0 Å². The van der Waals surface area contributed by atoms with E-state index in [1.807, 2.05) is 0 Å². The third kappa shape index (κ3) is 3.33. The Bertz CT molecular complexity index is 601. The van der Waals surface area contributed by atoms with Gasteiger partial charge in [0.2, 0.25) is 0 Å². The summed E-state index contributed by atoms with van der Waals surface area (Å²) in [5.41, 5.74) is 0.619. The van der Waals surface area contributed by atoms with Crippen LogP contribution in [0.1, 0.15) is 10.5 Å². The molecule has 1 aromatic heterocycles. The summed E-state index contributed by atoms with van der Waals surface area (Å²) in [7, 11) is 1.72. The molecule has 2 aromatic rings. The molecular formula is C12H10Cl2N4O. The molecule has 98 valence electrons.